The number of carbonyl (C=O) groups is 3. The zero-order valence-corrected chi connectivity index (χ0v) is 18.8. The molecule has 1 aromatic rings. The molecule has 0 aliphatic carbocycles. The normalized spacial score (nSPS) is 15.6. The molecular weight excluding hydrogens is 431 g/mol. The van der Waals surface area contributed by atoms with Crippen LogP contribution in [0, 0.1) is 5.92 Å². The number of likely N-dealkylation sites (N-methyl/N-ethyl adjacent to an activating group) is 1. The Morgan fingerprint density at radius 2 is 1.83 bits per heavy atom. The molecule has 1 atom stereocenters. The highest BCUT2D eigenvalue weighted by molar-refractivity contribution is 6.36. The lowest BCUT2D eigenvalue weighted by molar-refractivity contribution is -0.122. The monoisotopic (exact) mass is 458 g/mol. The van der Waals surface area contributed by atoms with Crippen LogP contribution >= 0.6 is 23.2 Å². The van der Waals surface area contributed by atoms with Crippen molar-refractivity contribution < 1.29 is 19.5 Å². The Labute approximate surface area is 186 Å². The molecule has 1 heterocycles. The Bertz CT molecular complexity index is 795. The van der Waals surface area contributed by atoms with Crippen molar-refractivity contribution in [1.29, 1.82) is 0 Å². The lowest BCUT2D eigenvalue weighted by atomic mass is 10.0. The molecule has 30 heavy (non-hydrogen) atoms. The van der Waals surface area contributed by atoms with Crippen LogP contribution in [0.2, 0.25) is 10.0 Å². The first kappa shape index (κ1) is 24.1. The zero-order valence-electron chi connectivity index (χ0n) is 17.3. The number of piperidine rings is 1. The third-order valence-electron chi connectivity index (χ3n) is 4.96. The Hall–Kier alpha value is -2.19. The van der Waals surface area contributed by atoms with Gasteiger partial charge in [-0.15, -0.1) is 0 Å². The molecule has 0 bridgehead atoms. The summed E-state index contributed by atoms with van der Waals surface area (Å²) in [6.45, 7) is 4.84. The molecule has 166 valence electrons. The van der Waals surface area contributed by atoms with Gasteiger partial charge in [0.2, 0.25) is 5.91 Å². The van der Waals surface area contributed by atoms with E-state index in [0.717, 1.165) is 0 Å². The number of amides is 4. The number of aromatic hydroxyl groups is 1. The molecule has 1 saturated heterocycles. The van der Waals surface area contributed by atoms with Crippen LogP contribution in [0.1, 0.15) is 43.5 Å². The summed E-state index contributed by atoms with van der Waals surface area (Å²) in [5.41, 5.74) is 0.00905. The van der Waals surface area contributed by atoms with Gasteiger partial charge < -0.3 is 26.0 Å². The number of nitrogens with zero attached hydrogens (tertiary/aromatic N) is 1. The summed E-state index contributed by atoms with van der Waals surface area (Å²) in [6.07, 6.45) is 1.63. The quantitative estimate of drug-likeness (QED) is 0.524. The van der Waals surface area contributed by atoms with Gasteiger partial charge in [-0.1, -0.05) is 37.0 Å². The van der Waals surface area contributed by atoms with E-state index in [1.807, 2.05) is 13.8 Å². The van der Waals surface area contributed by atoms with E-state index in [1.165, 1.54) is 12.1 Å². The molecule has 2 rings (SSSR count). The van der Waals surface area contributed by atoms with E-state index in [1.54, 1.807) is 11.9 Å². The Kier molecular flexibility index (Phi) is 8.61. The minimum atomic E-state index is -0.588. The molecule has 1 aliphatic rings. The number of halogens is 2. The number of phenols is 1. The van der Waals surface area contributed by atoms with Gasteiger partial charge in [0.05, 0.1) is 10.6 Å². The topological polar surface area (TPSA) is 111 Å². The zero-order chi connectivity index (χ0) is 22.4. The van der Waals surface area contributed by atoms with Gasteiger partial charge in [-0.05, 0) is 37.3 Å². The Morgan fingerprint density at radius 1 is 1.20 bits per heavy atom. The summed E-state index contributed by atoms with van der Waals surface area (Å²) in [4.78, 5) is 38.7. The summed E-state index contributed by atoms with van der Waals surface area (Å²) in [5, 5.41) is 18.5. The average molecular weight is 459 g/mol. The standard InChI is InChI=1S/C20H28Cl2N4O4/c1-11(2)8-16(19(29)23-3)25-20(30)26-6-4-13(5-7-26)24-18(28)14-9-12(21)10-15(22)17(14)27/h9-11,13,16,27H,4-8H2,1-3H3,(H,23,29)(H,24,28)(H,25,30)/t16-/m0/s1. The van der Waals surface area contributed by atoms with Gasteiger partial charge in [-0.25, -0.2) is 4.79 Å². The van der Waals surface area contributed by atoms with Crippen LogP contribution in [0.5, 0.6) is 5.75 Å². The molecule has 1 aliphatic heterocycles. The van der Waals surface area contributed by atoms with Crippen LogP contribution in [0.15, 0.2) is 12.1 Å². The van der Waals surface area contributed by atoms with Crippen LogP contribution < -0.4 is 16.0 Å². The van der Waals surface area contributed by atoms with E-state index in [2.05, 4.69) is 16.0 Å². The summed E-state index contributed by atoms with van der Waals surface area (Å²) in [7, 11) is 1.54. The predicted molar refractivity (Wildman–Crippen MR) is 116 cm³/mol. The maximum Gasteiger partial charge on any atom is 0.318 e. The van der Waals surface area contributed by atoms with E-state index < -0.39 is 11.9 Å². The summed E-state index contributed by atoms with van der Waals surface area (Å²) >= 11 is 11.8. The Morgan fingerprint density at radius 3 is 2.40 bits per heavy atom. The molecule has 0 saturated carbocycles. The third kappa shape index (κ3) is 6.40. The molecule has 1 aromatic carbocycles. The second kappa shape index (κ2) is 10.7. The first-order valence-corrected chi connectivity index (χ1v) is 10.6. The summed E-state index contributed by atoms with van der Waals surface area (Å²) in [6, 6.07) is 1.67. The van der Waals surface area contributed by atoms with Gasteiger partial charge in [0.25, 0.3) is 5.91 Å². The molecule has 4 N–H and O–H groups in total. The molecule has 0 spiro atoms. The van der Waals surface area contributed by atoms with Crippen molar-refractivity contribution in [2.24, 2.45) is 5.92 Å². The van der Waals surface area contributed by atoms with Gasteiger partial charge in [-0.3, -0.25) is 9.59 Å². The molecule has 4 amide bonds. The largest absolute Gasteiger partial charge is 0.506 e. The van der Waals surface area contributed by atoms with Crippen LogP contribution in [0.3, 0.4) is 0 Å². The first-order valence-electron chi connectivity index (χ1n) is 9.88. The fourth-order valence-corrected chi connectivity index (χ4v) is 3.84. The number of urea groups is 1. The van der Waals surface area contributed by atoms with Crippen molar-refractivity contribution in [1.82, 2.24) is 20.9 Å². The van der Waals surface area contributed by atoms with E-state index in [0.29, 0.717) is 32.4 Å². The van der Waals surface area contributed by atoms with Crippen LogP contribution in [0.25, 0.3) is 0 Å². The van der Waals surface area contributed by atoms with Gasteiger partial charge in [-0.2, -0.15) is 0 Å². The fourth-order valence-electron chi connectivity index (χ4n) is 3.35. The van der Waals surface area contributed by atoms with Gasteiger partial charge in [0.1, 0.15) is 11.8 Å². The first-order chi connectivity index (χ1) is 14.1. The maximum atomic E-state index is 12.6. The highest BCUT2D eigenvalue weighted by atomic mass is 35.5. The number of phenolic OH excluding ortho intramolecular Hbond substituents is 1. The molecule has 10 heteroatoms. The molecule has 8 nitrogen and oxygen atoms in total. The molecule has 0 radical (unpaired) electrons. The number of benzene rings is 1. The molecule has 0 aromatic heterocycles. The molecule has 1 fully saturated rings. The second-order valence-corrected chi connectivity index (χ2v) is 8.61. The van der Waals surface area contributed by atoms with Gasteiger partial charge in [0.15, 0.2) is 0 Å². The van der Waals surface area contributed by atoms with E-state index in [-0.39, 0.29) is 45.3 Å². The highest BCUT2D eigenvalue weighted by Crippen LogP contribution is 2.31. The number of hydrogen-bond acceptors (Lipinski definition) is 4. The van der Waals surface area contributed by atoms with Crippen molar-refractivity contribution in [2.75, 3.05) is 20.1 Å². The SMILES string of the molecule is CNC(=O)[C@H](CC(C)C)NC(=O)N1CCC(NC(=O)c2cc(Cl)cc(Cl)c2O)CC1. The maximum absolute atomic E-state index is 12.6. The Balaban J connectivity index is 1.90. The van der Waals surface area contributed by atoms with E-state index in [9.17, 15) is 19.5 Å². The molecular formula is C20H28Cl2N4O4. The minimum absolute atomic E-state index is 0.00575. The summed E-state index contributed by atoms with van der Waals surface area (Å²) in [5.74, 6) is -0.763. The highest BCUT2D eigenvalue weighted by Gasteiger charge is 2.28. The smallest absolute Gasteiger partial charge is 0.318 e. The van der Waals surface area contributed by atoms with Crippen molar-refractivity contribution in [3.05, 3.63) is 27.7 Å². The fraction of sp³-hybridized carbons (Fsp3) is 0.550. The van der Waals surface area contributed by atoms with E-state index in [4.69, 9.17) is 23.2 Å². The van der Waals surface area contributed by atoms with Crippen LogP contribution in [-0.4, -0.2) is 60.1 Å². The number of carbonyl (C=O) groups excluding carboxylic acids is 3. The number of likely N-dealkylation sites (tertiary alicyclic amines) is 1. The second-order valence-electron chi connectivity index (χ2n) is 7.76. The van der Waals surface area contributed by atoms with Gasteiger partial charge >= 0.3 is 6.03 Å². The summed E-state index contributed by atoms with van der Waals surface area (Å²) < 4.78 is 0. The lowest BCUT2D eigenvalue weighted by Gasteiger charge is -2.33. The van der Waals surface area contributed by atoms with Crippen molar-refractivity contribution in [3.8, 4) is 5.75 Å². The average Bonchev–Trinajstić information content (AvgIpc) is 2.69. The number of hydrogen-bond donors (Lipinski definition) is 4. The molecule has 0 unspecified atom stereocenters. The van der Waals surface area contributed by atoms with E-state index >= 15 is 0 Å². The minimum Gasteiger partial charge on any atom is -0.506 e. The van der Waals surface area contributed by atoms with Crippen molar-refractivity contribution >= 4 is 41.0 Å². The lowest BCUT2D eigenvalue weighted by Crippen LogP contribution is -2.54. The van der Waals surface area contributed by atoms with Gasteiger partial charge in [0, 0.05) is 31.2 Å². The number of nitrogens with one attached hydrogen (secondary N) is 3. The predicted octanol–water partition coefficient (Wildman–Crippen LogP) is 2.76. The van der Waals surface area contributed by atoms with Crippen LogP contribution in [-0.2, 0) is 4.79 Å². The van der Waals surface area contributed by atoms with Crippen molar-refractivity contribution in [2.45, 2.75) is 45.2 Å². The van der Waals surface area contributed by atoms with Crippen LogP contribution in [0.4, 0.5) is 4.79 Å². The number of rotatable bonds is 6. The van der Waals surface area contributed by atoms with Crippen molar-refractivity contribution in [3.63, 3.8) is 0 Å². The third-order valence-corrected chi connectivity index (χ3v) is 5.46.